The Bertz CT molecular complexity index is 208. The van der Waals surface area contributed by atoms with Crippen molar-refractivity contribution in [2.45, 2.75) is 39.7 Å². The monoisotopic (exact) mass is 172 g/mol. The molecule has 0 bridgehead atoms. The van der Waals surface area contributed by atoms with Crippen LogP contribution >= 0.6 is 0 Å². The lowest BCUT2D eigenvalue weighted by Crippen LogP contribution is -2.19. The maximum atomic E-state index is 10.5. The second-order valence-corrected chi connectivity index (χ2v) is 3.70. The number of carboxylic acid groups (broad SMARTS) is 1. The lowest BCUT2D eigenvalue weighted by atomic mass is 9.96. The summed E-state index contributed by atoms with van der Waals surface area (Å²) in [6.45, 7) is 6.59. The second-order valence-electron chi connectivity index (χ2n) is 3.70. The molecule has 0 saturated carbocycles. The highest BCUT2D eigenvalue weighted by Gasteiger charge is 2.15. The summed E-state index contributed by atoms with van der Waals surface area (Å²) in [4.78, 5) is 10.5. The van der Waals surface area contributed by atoms with E-state index in [9.17, 15) is 9.90 Å². The van der Waals surface area contributed by atoms with Crippen LogP contribution in [0.3, 0.4) is 0 Å². The predicted molar refractivity (Wildman–Crippen MR) is 46.9 cm³/mol. The second kappa shape index (κ2) is 3.72. The fourth-order valence-corrected chi connectivity index (χ4v) is 0.964. The standard InChI is InChI=1S/C9H16O3/c1-6(5-9(3,4)12)7(2)8(10)11/h12H,5H2,1-4H3,(H,10,11)/b7-6+. The maximum absolute atomic E-state index is 10.5. The Balaban J connectivity index is 4.49. The average molecular weight is 172 g/mol. The van der Waals surface area contributed by atoms with E-state index in [1.165, 1.54) is 0 Å². The Morgan fingerprint density at radius 2 is 1.75 bits per heavy atom. The van der Waals surface area contributed by atoms with Crippen LogP contribution in [0, 0.1) is 0 Å². The number of carbonyl (C=O) groups is 1. The number of hydrogen-bond acceptors (Lipinski definition) is 2. The van der Waals surface area contributed by atoms with Crippen molar-refractivity contribution in [3.63, 3.8) is 0 Å². The van der Waals surface area contributed by atoms with Crippen molar-refractivity contribution in [1.82, 2.24) is 0 Å². The van der Waals surface area contributed by atoms with Crippen LogP contribution in [0.25, 0.3) is 0 Å². The molecule has 0 spiro atoms. The van der Waals surface area contributed by atoms with Gasteiger partial charge < -0.3 is 10.2 Å². The van der Waals surface area contributed by atoms with Gasteiger partial charge in [-0.1, -0.05) is 5.57 Å². The number of carboxylic acids is 1. The third-order valence-electron chi connectivity index (χ3n) is 1.66. The molecule has 0 atom stereocenters. The molecule has 0 aromatic heterocycles. The molecule has 3 nitrogen and oxygen atoms in total. The molecule has 70 valence electrons. The van der Waals surface area contributed by atoms with Crippen molar-refractivity contribution >= 4 is 5.97 Å². The smallest absolute Gasteiger partial charge is 0.331 e. The summed E-state index contributed by atoms with van der Waals surface area (Å²) in [6, 6.07) is 0. The molecule has 0 unspecified atom stereocenters. The van der Waals surface area contributed by atoms with Gasteiger partial charge in [0, 0.05) is 5.57 Å². The number of rotatable bonds is 3. The summed E-state index contributed by atoms with van der Waals surface area (Å²) >= 11 is 0. The molecule has 0 aromatic carbocycles. The van der Waals surface area contributed by atoms with Crippen LogP contribution in [0.15, 0.2) is 11.1 Å². The minimum atomic E-state index is -0.920. The first-order valence-electron chi connectivity index (χ1n) is 3.86. The largest absolute Gasteiger partial charge is 0.478 e. The quantitative estimate of drug-likeness (QED) is 0.635. The average Bonchev–Trinajstić information content (AvgIpc) is 1.82. The molecular formula is C9H16O3. The van der Waals surface area contributed by atoms with Gasteiger partial charge in [-0.05, 0) is 34.1 Å². The first-order chi connectivity index (χ1) is 5.24. The summed E-state index contributed by atoms with van der Waals surface area (Å²) in [5.41, 5.74) is 0.202. The van der Waals surface area contributed by atoms with Crippen molar-refractivity contribution in [3.8, 4) is 0 Å². The number of hydrogen-bond donors (Lipinski definition) is 2. The molecule has 3 heteroatoms. The van der Waals surface area contributed by atoms with E-state index in [2.05, 4.69) is 0 Å². The van der Waals surface area contributed by atoms with Crippen LogP contribution < -0.4 is 0 Å². The first-order valence-corrected chi connectivity index (χ1v) is 3.86. The fourth-order valence-electron chi connectivity index (χ4n) is 0.964. The van der Waals surface area contributed by atoms with Gasteiger partial charge in [0.15, 0.2) is 0 Å². The highest BCUT2D eigenvalue weighted by molar-refractivity contribution is 5.86. The van der Waals surface area contributed by atoms with Gasteiger partial charge in [-0.2, -0.15) is 0 Å². The SMILES string of the molecule is C/C(CC(C)(C)O)=C(/C)C(=O)O. The van der Waals surface area contributed by atoms with E-state index in [1.807, 2.05) is 0 Å². The van der Waals surface area contributed by atoms with Crippen LogP contribution in [-0.4, -0.2) is 21.8 Å². The van der Waals surface area contributed by atoms with E-state index < -0.39 is 11.6 Å². The van der Waals surface area contributed by atoms with Gasteiger partial charge in [0.2, 0.25) is 0 Å². The van der Waals surface area contributed by atoms with Crippen LogP contribution in [0.2, 0.25) is 0 Å². The highest BCUT2D eigenvalue weighted by Crippen LogP contribution is 2.17. The molecular weight excluding hydrogens is 156 g/mol. The molecule has 0 amide bonds. The minimum absolute atomic E-state index is 0.317. The summed E-state index contributed by atoms with van der Waals surface area (Å²) in [5.74, 6) is -0.920. The van der Waals surface area contributed by atoms with Gasteiger partial charge in [-0.15, -0.1) is 0 Å². The Morgan fingerprint density at radius 3 is 2.00 bits per heavy atom. The molecule has 0 aliphatic heterocycles. The van der Waals surface area contributed by atoms with E-state index in [0.717, 1.165) is 5.57 Å². The molecule has 0 aliphatic carbocycles. The molecule has 0 radical (unpaired) electrons. The lowest BCUT2D eigenvalue weighted by Gasteiger charge is -2.17. The maximum Gasteiger partial charge on any atom is 0.331 e. The van der Waals surface area contributed by atoms with Crippen molar-refractivity contribution < 1.29 is 15.0 Å². The molecule has 0 heterocycles. The third kappa shape index (κ3) is 4.13. The molecule has 0 saturated heterocycles. The Hall–Kier alpha value is -0.830. The molecule has 0 rings (SSSR count). The number of aliphatic carboxylic acids is 1. The molecule has 12 heavy (non-hydrogen) atoms. The van der Waals surface area contributed by atoms with Crippen LogP contribution in [0.4, 0.5) is 0 Å². The van der Waals surface area contributed by atoms with Gasteiger partial charge in [0.05, 0.1) is 5.60 Å². The minimum Gasteiger partial charge on any atom is -0.478 e. The zero-order chi connectivity index (χ0) is 9.94. The summed E-state index contributed by atoms with van der Waals surface area (Å²) in [7, 11) is 0. The van der Waals surface area contributed by atoms with Gasteiger partial charge in [0.25, 0.3) is 0 Å². The Morgan fingerprint density at radius 1 is 1.33 bits per heavy atom. The van der Waals surface area contributed by atoms with Gasteiger partial charge in [-0.25, -0.2) is 4.79 Å². The summed E-state index contributed by atoms with van der Waals surface area (Å²) in [6.07, 6.45) is 0.394. The zero-order valence-corrected chi connectivity index (χ0v) is 8.01. The highest BCUT2D eigenvalue weighted by atomic mass is 16.4. The molecule has 0 aliphatic rings. The van der Waals surface area contributed by atoms with E-state index in [-0.39, 0.29) is 0 Å². The zero-order valence-electron chi connectivity index (χ0n) is 8.01. The van der Waals surface area contributed by atoms with Crippen molar-refractivity contribution in [3.05, 3.63) is 11.1 Å². The summed E-state index contributed by atoms with van der Waals surface area (Å²) < 4.78 is 0. The predicted octanol–water partition coefficient (Wildman–Crippen LogP) is 1.57. The van der Waals surface area contributed by atoms with Crippen molar-refractivity contribution in [2.24, 2.45) is 0 Å². The Labute approximate surface area is 72.7 Å². The first kappa shape index (κ1) is 11.2. The van der Waals surface area contributed by atoms with E-state index in [4.69, 9.17) is 5.11 Å². The number of aliphatic hydroxyl groups is 1. The third-order valence-corrected chi connectivity index (χ3v) is 1.66. The van der Waals surface area contributed by atoms with Gasteiger partial charge in [-0.3, -0.25) is 0 Å². The Kier molecular flexibility index (Phi) is 3.46. The van der Waals surface area contributed by atoms with Crippen LogP contribution in [0.1, 0.15) is 34.1 Å². The van der Waals surface area contributed by atoms with Crippen molar-refractivity contribution in [1.29, 1.82) is 0 Å². The lowest BCUT2D eigenvalue weighted by molar-refractivity contribution is -0.132. The van der Waals surface area contributed by atoms with E-state index >= 15 is 0 Å². The summed E-state index contributed by atoms with van der Waals surface area (Å²) in [5, 5.41) is 18.0. The van der Waals surface area contributed by atoms with E-state index in [1.54, 1.807) is 27.7 Å². The van der Waals surface area contributed by atoms with E-state index in [0.29, 0.717) is 12.0 Å². The van der Waals surface area contributed by atoms with Gasteiger partial charge in [0.1, 0.15) is 0 Å². The van der Waals surface area contributed by atoms with Crippen LogP contribution in [-0.2, 0) is 4.79 Å². The van der Waals surface area contributed by atoms with Crippen molar-refractivity contribution in [2.75, 3.05) is 0 Å². The molecule has 2 N–H and O–H groups in total. The van der Waals surface area contributed by atoms with Crippen LogP contribution in [0.5, 0.6) is 0 Å². The molecule has 0 aromatic rings. The fraction of sp³-hybridized carbons (Fsp3) is 0.667. The van der Waals surface area contributed by atoms with Gasteiger partial charge >= 0.3 is 5.97 Å². The topological polar surface area (TPSA) is 57.5 Å². The normalized spacial score (nSPS) is 14.1. The molecule has 0 fully saturated rings.